The SMILES string of the molecule is CCCCc1c(O)nn(CC(C)C)c1-c1ccc(C)cc1. The van der Waals surface area contributed by atoms with Crippen LogP contribution in [-0.2, 0) is 13.0 Å². The van der Waals surface area contributed by atoms with Gasteiger partial charge in [-0.1, -0.05) is 57.0 Å². The molecule has 0 atom stereocenters. The van der Waals surface area contributed by atoms with E-state index in [9.17, 15) is 5.11 Å². The lowest BCUT2D eigenvalue weighted by Crippen LogP contribution is -2.08. The zero-order chi connectivity index (χ0) is 15.4. The van der Waals surface area contributed by atoms with Gasteiger partial charge in [0, 0.05) is 17.7 Å². The molecule has 3 heteroatoms. The van der Waals surface area contributed by atoms with Gasteiger partial charge in [-0.25, -0.2) is 0 Å². The van der Waals surface area contributed by atoms with Crippen LogP contribution >= 0.6 is 0 Å². The van der Waals surface area contributed by atoms with Crippen molar-refractivity contribution < 1.29 is 5.11 Å². The molecule has 2 aromatic rings. The normalized spacial score (nSPS) is 11.3. The Morgan fingerprint density at radius 3 is 2.43 bits per heavy atom. The Balaban J connectivity index is 2.49. The first-order valence-corrected chi connectivity index (χ1v) is 7.88. The van der Waals surface area contributed by atoms with Crippen molar-refractivity contribution in [3.63, 3.8) is 0 Å². The van der Waals surface area contributed by atoms with Crippen LogP contribution in [0.5, 0.6) is 5.88 Å². The molecule has 1 aromatic heterocycles. The number of hydrogen-bond acceptors (Lipinski definition) is 2. The molecule has 1 N–H and O–H groups in total. The minimum atomic E-state index is 0.194. The molecule has 0 saturated carbocycles. The lowest BCUT2D eigenvalue weighted by molar-refractivity contribution is 0.418. The van der Waals surface area contributed by atoms with E-state index in [1.165, 1.54) is 5.56 Å². The molecule has 0 amide bonds. The first-order valence-electron chi connectivity index (χ1n) is 7.88. The van der Waals surface area contributed by atoms with E-state index in [0.29, 0.717) is 5.92 Å². The van der Waals surface area contributed by atoms with Gasteiger partial charge in [0.1, 0.15) is 0 Å². The Kier molecular flexibility index (Phi) is 5.05. The summed E-state index contributed by atoms with van der Waals surface area (Å²) >= 11 is 0. The Bertz CT molecular complexity index is 582. The molecular weight excluding hydrogens is 260 g/mol. The smallest absolute Gasteiger partial charge is 0.234 e. The van der Waals surface area contributed by atoms with E-state index in [1.54, 1.807) is 0 Å². The highest BCUT2D eigenvalue weighted by Gasteiger charge is 2.19. The molecule has 0 bridgehead atoms. The van der Waals surface area contributed by atoms with Crippen molar-refractivity contribution in [2.24, 2.45) is 5.92 Å². The molecule has 21 heavy (non-hydrogen) atoms. The summed E-state index contributed by atoms with van der Waals surface area (Å²) in [5, 5.41) is 14.6. The number of aryl methyl sites for hydroxylation is 1. The number of aromatic nitrogens is 2. The number of unbranched alkanes of at least 4 members (excludes halogenated alkanes) is 1. The van der Waals surface area contributed by atoms with Gasteiger partial charge in [-0.3, -0.25) is 4.68 Å². The summed E-state index contributed by atoms with van der Waals surface area (Å²) in [4.78, 5) is 0. The predicted molar refractivity (Wildman–Crippen MR) is 87.5 cm³/mol. The van der Waals surface area contributed by atoms with E-state index < -0.39 is 0 Å². The van der Waals surface area contributed by atoms with E-state index in [4.69, 9.17) is 0 Å². The number of aromatic hydroxyl groups is 1. The third-order valence-corrected chi connectivity index (χ3v) is 3.67. The average Bonchev–Trinajstić information content (AvgIpc) is 2.72. The molecule has 0 fully saturated rings. The molecule has 3 nitrogen and oxygen atoms in total. The Morgan fingerprint density at radius 2 is 1.86 bits per heavy atom. The van der Waals surface area contributed by atoms with Crippen molar-refractivity contribution in [1.82, 2.24) is 9.78 Å². The quantitative estimate of drug-likeness (QED) is 0.845. The van der Waals surface area contributed by atoms with Crippen molar-refractivity contribution in [3.05, 3.63) is 35.4 Å². The summed E-state index contributed by atoms with van der Waals surface area (Å²) in [5.74, 6) is 0.687. The number of hydrogen-bond donors (Lipinski definition) is 1. The Labute approximate surface area is 127 Å². The van der Waals surface area contributed by atoms with Gasteiger partial charge in [-0.2, -0.15) is 0 Å². The topological polar surface area (TPSA) is 38.1 Å². The van der Waals surface area contributed by atoms with Crippen molar-refractivity contribution in [3.8, 4) is 17.1 Å². The van der Waals surface area contributed by atoms with Gasteiger partial charge in [-0.15, -0.1) is 5.10 Å². The molecule has 1 aromatic carbocycles. The van der Waals surface area contributed by atoms with Gasteiger partial charge in [0.15, 0.2) is 0 Å². The van der Waals surface area contributed by atoms with Crippen molar-refractivity contribution in [2.45, 2.75) is 53.5 Å². The summed E-state index contributed by atoms with van der Waals surface area (Å²) in [6.45, 7) is 9.42. The standard InChI is InChI=1S/C18H26N2O/c1-5-6-7-16-17(15-10-8-14(4)9-11-15)20(12-13(2)3)19-18(16)21/h8-11,13H,5-7,12H2,1-4H3,(H,19,21). The fourth-order valence-corrected chi connectivity index (χ4v) is 2.58. The molecule has 0 spiro atoms. The van der Waals surface area contributed by atoms with Crippen LogP contribution < -0.4 is 0 Å². The molecule has 0 aliphatic carbocycles. The van der Waals surface area contributed by atoms with Crippen LogP contribution in [0.3, 0.4) is 0 Å². The largest absolute Gasteiger partial charge is 0.492 e. The van der Waals surface area contributed by atoms with Crippen LogP contribution in [0.25, 0.3) is 11.3 Å². The molecular formula is C18H26N2O. The van der Waals surface area contributed by atoms with Gasteiger partial charge in [0.2, 0.25) is 5.88 Å². The van der Waals surface area contributed by atoms with Gasteiger partial charge < -0.3 is 5.11 Å². The van der Waals surface area contributed by atoms with E-state index in [1.807, 2.05) is 4.68 Å². The van der Waals surface area contributed by atoms with E-state index in [0.717, 1.165) is 42.6 Å². The fraction of sp³-hybridized carbons (Fsp3) is 0.500. The third-order valence-electron chi connectivity index (χ3n) is 3.67. The van der Waals surface area contributed by atoms with Crippen LogP contribution in [-0.4, -0.2) is 14.9 Å². The summed E-state index contributed by atoms with van der Waals surface area (Å²) in [6.07, 6.45) is 3.06. The first-order chi connectivity index (χ1) is 10.0. The second-order valence-electron chi connectivity index (χ2n) is 6.20. The fourth-order valence-electron chi connectivity index (χ4n) is 2.58. The molecule has 0 unspecified atom stereocenters. The highest BCUT2D eigenvalue weighted by molar-refractivity contribution is 5.66. The lowest BCUT2D eigenvalue weighted by atomic mass is 10.0. The number of benzene rings is 1. The maximum atomic E-state index is 10.2. The highest BCUT2D eigenvalue weighted by Crippen LogP contribution is 2.32. The molecule has 0 aliphatic rings. The third kappa shape index (κ3) is 3.66. The zero-order valence-electron chi connectivity index (χ0n) is 13.6. The summed E-state index contributed by atoms with van der Waals surface area (Å²) in [5.41, 5.74) is 4.45. The van der Waals surface area contributed by atoms with E-state index >= 15 is 0 Å². The van der Waals surface area contributed by atoms with Gasteiger partial charge in [0.05, 0.1) is 5.69 Å². The molecule has 1 heterocycles. The summed E-state index contributed by atoms with van der Waals surface area (Å²) in [6, 6.07) is 8.47. The van der Waals surface area contributed by atoms with Crippen LogP contribution in [0, 0.1) is 12.8 Å². The summed E-state index contributed by atoms with van der Waals surface area (Å²) in [7, 11) is 0. The van der Waals surface area contributed by atoms with Gasteiger partial charge in [-0.05, 0) is 25.7 Å². The monoisotopic (exact) mass is 286 g/mol. The second-order valence-corrected chi connectivity index (χ2v) is 6.20. The zero-order valence-corrected chi connectivity index (χ0v) is 13.6. The van der Waals surface area contributed by atoms with E-state index in [-0.39, 0.29) is 5.88 Å². The molecule has 0 saturated heterocycles. The van der Waals surface area contributed by atoms with Crippen molar-refractivity contribution >= 4 is 0 Å². The number of nitrogens with zero attached hydrogens (tertiary/aromatic N) is 2. The second kappa shape index (κ2) is 6.79. The van der Waals surface area contributed by atoms with E-state index in [2.05, 4.69) is 57.1 Å². The highest BCUT2D eigenvalue weighted by atomic mass is 16.3. The first kappa shape index (κ1) is 15.6. The van der Waals surface area contributed by atoms with Crippen LogP contribution in [0.1, 0.15) is 44.7 Å². The molecule has 0 aliphatic heterocycles. The van der Waals surface area contributed by atoms with Crippen LogP contribution in [0.4, 0.5) is 0 Å². The maximum absolute atomic E-state index is 10.2. The lowest BCUT2D eigenvalue weighted by Gasteiger charge is -2.12. The average molecular weight is 286 g/mol. The summed E-state index contributed by atoms with van der Waals surface area (Å²) < 4.78 is 1.97. The van der Waals surface area contributed by atoms with Crippen molar-refractivity contribution in [2.75, 3.05) is 0 Å². The Hall–Kier alpha value is -1.77. The Morgan fingerprint density at radius 1 is 1.19 bits per heavy atom. The number of rotatable bonds is 6. The minimum Gasteiger partial charge on any atom is -0.492 e. The molecule has 0 radical (unpaired) electrons. The van der Waals surface area contributed by atoms with Gasteiger partial charge >= 0.3 is 0 Å². The minimum absolute atomic E-state index is 0.194. The van der Waals surface area contributed by atoms with Crippen molar-refractivity contribution in [1.29, 1.82) is 0 Å². The predicted octanol–water partition coefficient (Wildman–Crippen LogP) is 4.56. The maximum Gasteiger partial charge on any atom is 0.234 e. The molecule has 114 valence electrons. The molecule has 2 rings (SSSR count). The van der Waals surface area contributed by atoms with Crippen LogP contribution in [0.15, 0.2) is 24.3 Å². The van der Waals surface area contributed by atoms with Crippen LogP contribution in [0.2, 0.25) is 0 Å². The van der Waals surface area contributed by atoms with Gasteiger partial charge in [0.25, 0.3) is 0 Å².